The van der Waals surface area contributed by atoms with Crippen molar-refractivity contribution in [1.82, 2.24) is 15.8 Å². The molecule has 0 bridgehead atoms. The first-order chi connectivity index (χ1) is 11.6. The molecule has 3 aromatic rings. The van der Waals surface area contributed by atoms with Gasteiger partial charge in [0.25, 0.3) is 0 Å². The minimum atomic E-state index is -0.159. The van der Waals surface area contributed by atoms with E-state index in [-0.39, 0.29) is 12.3 Å². The first-order valence-electron chi connectivity index (χ1n) is 7.60. The molecule has 0 radical (unpaired) electrons. The smallest absolute Gasteiger partial charge is 0.242 e. The van der Waals surface area contributed by atoms with Gasteiger partial charge in [0.15, 0.2) is 5.11 Å². The number of H-pyrrole nitrogens is 1. The fourth-order valence-electron chi connectivity index (χ4n) is 2.49. The van der Waals surface area contributed by atoms with Crippen LogP contribution < -0.4 is 16.2 Å². The van der Waals surface area contributed by atoms with Crippen molar-refractivity contribution >= 4 is 39.8 Å². The highest BCUT2D eigenvalue weighted by Gasteiger charge is 2.09. The van der Waals surface area contributed by atoms with Crippen LogP contribution >= 0.6 is 12.2 Å². The second-order valence-corrected chi connectivity index (χ2v) is 5.89. The maximum absolute atomic E-state index is 12.1. The SMILES string of the molecule is Cc1ccccc1NC(=S)NNC(=O)Cc1c[nH]c2ccccc12. The Morgan fingerprint density at radius 3 is 2.67 bits per heavy atom. The number of nitrogens with one attached hydrogen (secondary N) is 4. The third-order valence-corrected chi connectivity index (χ3v) is 3.94. The molecule has 0 unspecified atom stereocenters. The van der Waals surface area contributed by atoms with Gasteiger partial charge in [0.2, 0.25) is 5.91 Å². The summed E-state index contributed by atoms with van der Waals surface area (Å²) in [6.07, 6.45) is 2.12. The van der Waals surface area contributed by atoms with Gasteiger partial charge in [0.1, 0.15) is 0 Å². The van der Waals surface area contributed by atoms with E-state index in [0.717, 1.165) is 27.7 Å². The van der Waals surface area contributed by atoms with E-state index in [9.17, 15) is 4.79 Å². The fourth-order valence-corrected chi connectivity index (χ4v) is 2.65. The number of hydrogen-bond acceptors (Lipinski definition) is 2. The normalized spacial score (nSPS) is 10.4. The van der Waals surface area contributed by atoms with Gasteiger partial charge in [-0.3, -0.25) is 15.6 Å². The lowest BCUT2D eigenvalue weighted by Crippen LogP contribution is -2.44. The molecule has 0 aliphatic heterocycles. The summed E-state index contributed by atoms with van der Waals surface area (Å²) in [5.74, 6) is -0.159. The summed E-state index contributed by atoms with van der Waals surface area (Å²) in [5, 5.41) is 4.45. The van der Waals surface area contributed by atoms with Crippen molar-refractivity contribution in [2.24, 2.45) is 0 Å². The average Bonchev–Trinajstić information content (AvgIpc) is 2.98. The van der Waals surface area contributed by atoms with E-state index >= 15 is 0 Å². The van der Waals surface area contributed by atoms with Gasteiger partial charge in [-0.1, -0.05) is 36.4 Å². The van der Waals surface area contributed by atoms with E-state index in [1.54, 1.807) is 0 Å². The van der Waals surface area contributed by atoms with Crippen LogP contribution in [-0.4, -0.2) is 16.0 Å². The molecule has 0 aliphatic rings. The Morgan fingerprint density at radius 2 is 1.83 bits per heavy atom. The largest absolute Gasteiger partial charge is 0.361 e. The molecular formula is C18H18N4OS. The third-order valence-electron chi connectivity index (χ3n) is 3.73. The van der Waals surface area contributed by atoms with Crippen LogP contribution in [0.3, 0.4) is 0 Å². The first-order valence-corrected chi connectivity index (χ1v) is 8.01. The number of thiocarbonyl (C=S) groups is 1. The lowest BCUT2D eigenvalue weighted by Gasteiger charge is -2.13. The number of para-hydroxylation sites is 2. The van der Waals surface area contributed by atoms with Crippen LogP contribution in [0, 0.1) is 6.92 Å². The van der Waals surface area contributed by atoms with Gasteiger partial charge in [0, 0.05) is 22.8 Å². The number of aryl methyl sites for hydroxylation is 1. The Hall–Kier alpha value is -2.86. The topological polar surface area (TPSA) is 68.9 Å². The van der Waals surface area contributed by atoms with Gasteiger partial charge in [-0.15, -0.1) is 0 Å². The molecule has 0 saturated carbocycles. The summed E-state index contributed by atoms with van der Waals surface area (Å²) in [4.78, 5) is 15.3. The Morgan fingerprint density at radius 1 is 1.08 bits per heavy atom. The predicted octanol–water partition coefficient (Wildman–Crippen LogP) is 3.04. The minimum Gasteiger partial charge on any atom is -0.361 e. The van der Waals surface area contributed by atoms with Crippen LogP contribution in [0.25, 0.3) is 10.9 Å². The van der Waals surface area contributed by atoms with Crippen molar-refractivity contribution in [3.05, 3.63) is 65.9 Å². The highest BCUT2D eigenvalue weighted by molar-refractivity contribution is 7.80. The van der Waals surface area contributed by atoms with Crippen LogP contribution in [0.5, 0.6) is 0 Å². The van der Waals surface area contributed by atoms with Crippen LogP contribution in [0.15, 0.2) is 54.7 Å². The van der Waals surface area contributed by atoms with Crippen molar-refractivity contribution in [2.75, 3.05) is 5.32 Å². The summed E-state index contributed by atoms with van der Waals surface area (Å²) in [5.41, 5.74) is 9.29. The lowest BCUT2D eigenvalue weighted by atomic mass is 10.1. The number of aromatic amines is 1. The number of rotatable bonds is 3. The quantitative estimate of drug-likeness (QED) is 0.438. The number of fused-ring (bicyclic) bond motifs is 1. The summed E-state index contributed by atoms with van der Waals surface area (Å²) < 4.78 is 0. The highest BCUT2D eigenvalue weighted by atomic mass is 32.1. The number of carbonyl (C=O) groups is 1. The van der Waals surface area contributed by atoms with E-state index in [0.29, 0.717) is 5.11 Å². The van der Waals surface area contributed by atoms with Gasteiger partial charge in [-0.05, 0) is 42.4 Å². The Labute approximate surface area is 145 Å². The zero-order valence-electron chi connectivity index (χ0n) is 13.2. The van der Waals surface area contributed by atoms with Gasteiger partial charge in [-0.2, -0.15) is 0 Å². The van der Waals surface area contributed by atoms with Crippen molar-refractivity contribution in [3.8, 4) is 0 Å². The number of anilines is 1. The number of amides is 1. The molecule has 122 valence electrons. The number of hydrogen-bond donors (Lipinski definition) is 4. The second-order valence-electron chi connectivity index (χ2n) is 5.48. The molecule has 6 heteroatoms. The summed E-state index contributed by atoms with van der Waals surface area (Å²) in [6, 6.07) is 15.7. The maximum Gasteiger partial charge on any atom is 0.242 e. The summed E-state index contributed by atoms with van der Waals surface area (Å²) >= 11 is 5.20. The molecule has 0 atom stereocenters. The maximum atomic E-state index is 12.1. The molecule has 0 saturated heterocycles. The molecule has 0 spiro atoms. The predicted molar refractivity (Wildman–Crippen MR) is 101 cm³/mol. The average molecular weight is 338 g/mol. The lowest BCUT2D eigenvalue weighted by molar-refractivity contribution is -0.120. The van der Waals surface area contributed by atoms with Crippen LogP contribution in [-0.2, 0) is 11.2 Å². The fraction of sp³-hybridized carbons (Fsp3) is 0.111. The second kappa shape index (κ2) is 7.14. The monoisotopic (exact) mass is 338 g/mol. The third kappa shape index (κ3) is 3.72. The molecule has 0 aliphatic carbocycles. The van der Waals surface area contributed by atoms with E-state index in [2.05, 4.69) is 21.2 Å². The zero-order chi connectivity index (χ0) is 16.9. The standard InChI is InChI=1S/C18H18N4OS/c1-12-6-2-4-8-15(12)20-18(24)22-21-17(23)10-13-11-19-16-9-5-3-7-14(13)16/h2-9,11,19H,10H2,1H3,(H,21,23)(H2,20,22,24). The van der Waals surface area contributed by atoms with Gasteiger partial charge in [-0.25, -0.2) is 0 Å². The molecule has 24 heavy (non-hydrogen) atoms. The molecule has 2 aromatic carbocycles. The highest BCUT2D eigenvalue weighted by Crippen LogP contribution is 2.17. The van der Waals surface area contributed by atoms with Gasteiger partial charge >= 0.3 is 0 Å². The van der Waals surface area contributed by atoms with Crippen molar-refractivity contribution in [2.45, 2.75) is 13.3 Å². The Balaban J connectivity index is 1.54. The zero-order valence-corrected chi connectivity index (χ0v) is 14.0. The van der Waals surface area contributed by atoms with E-state index in [1.807, 2.05) is 61.7 Å². The Bertz CT molecular complexity index is 887. The summed E-state index contributed by atoms with van der Waals surface area (Å²) in [7, 11) is 0. The number of benzene rings is 2. The van der Waals surface area contributed by atoms with Crippen LogP contribution in [0.4, 0.5) is 5.69 Å². The number of carbonyl (C=O) groups excluding carboxylic acids is 1. The van der Waals surface area contributed by atoms with E-state index in [1.165, 1.54) is 0 Å². The van der Waals surface area contributed by atoms with E-state index < -0.39 is 0 Å². The van der Waals surface area contributed by atoms with Gasteiger partial charge in [0.05, 0.1) is 6.42 Å². The number of hydrazine groups is 1. The molecule has 4 N–H and O–H groups in total. The molecule has 3 rings (SSSR count). The van der Waals surface area contributed by atoms with Crippen LogP contribution in [0.2, 0.25) is 0 Å². The van der Waals surface area contributed by atoms with Crippen molar-refractivity contribution in [3.63, 3.8) is 0 Å². The molecule has 1 amide bonds. The summed E-state index contributed by atoms with van der Waals surface area (Å²) in [6.45, 7) is 1.99. The van der Waals surface area contributed by atoms with E-state index in [4.69, 9.17) is 12.2 Å². The van der Waals surface area contributed by atoms with Crippen molar-refractivity contribution < 1.29 is 4.79 Å². The molecular weight excluding hydrogens is 320 g/mol. The first kappa shape index (κ1) is 16.0. The molecule has 5 nitrogen and oxygen atoms in total. The van der Waals surface area contributed by atoms with Crippen LogP contribution in [0.1, 0.15) is 11.1 Å². The van der Waals surface area contributed by atoms with Gasteiger partial charge < -0.3 is 10.3 Å². The van der Waals surface area contributed by atoms with Crippen molar-refractivity contribution in [1.29, 1.82) is 0 Å². The minimum absolute atomic E-state index is 0.159. The molecule has 0 fully saturated rings. The molecule has 1 aromatic heterocycles. The number of aromatic nitrogens is 1. The Kier molecular flexibility index (Phi) is 4.77. The molecule has 1 heterocycles.